The second-order valence-electron chi connectivity index (χ2n) is 15.1. The summed E-state index contributed by atoms with van der Waals surface area (Å²) < 4.78 is 1.55. The number of fused-ring (bicyclic) bond motifs is 3. The molecule has 0 aromatic heterocycles. The van der Waals surface area contributed by atoms with E-state index >= 15 is 0 Å². The van der Waals surface area contributed by atoms with Gasteiger partial charge in [0.05, 0.1) is 0 Å². The van der Waals surface area contributed by atoms with E-state index in [0.29, 0.717) is 5.41 Å². The van der Waals surface area contributed by atoms with Crippen molar-refractivity contribution in [2.45, 2.75) is 119 Å². The third-order valence-electron chi connectivity index (χ3n) is 8.25. The monoisotopic (exact) mass is 718 g/mol. The van der Waals surface area contributed by atoms with Crippen molar-refractivity contribution >= 4 is 3.21 Å². The van der Waals surface area contributed by atoms with Gasteiger partial charge in [0.15, 0.2) is 0 Å². The van der Waals surface area contributed by atoms with Gasteiger partial charge in [0.1, 0.15) is 0 Å². The summed E-state index contributed by atoms with van der Waals surface area (Å²) >= 11 is 1.54. The van der Waals surface area contributed by atoms with Gasteiger partial charge in [-0.3, -0.25) is 0 Å². The van der Waals surface area contributed by atoms with Crippen LogP contribution in [0.25, 0.3) is 11.1 Å². The van der Waals surface area contributed by atoms with Crippen LogP contribution in [0.1, 0.15) is 127 Å². The van der Waals surface area contributed by atoms with E-state index in [1.807, 2.05) is 0 Å². The summed E-state index contributed by atoms with van der Waals surface area (Å²) in [5.74, 6) is 0. The minimum Gasteiger partial charge on any atom is -1.00 e. The van der Waals surface area contributed by atoms with Crippen LogP contribution in [0.15, 0.2) is 72.8 Å². The molecule has 0 unspecified atom stereocenters. The fourth-order valence-electron chi connectivity index (χ4n) is 5.58. The van der Waals surface area contributed by atoms with Crippen LogP contribution in [0.2, 0.25) is 0 Å². The van der Waals surface area contributed by atoms with Crippen LogP contribution in [0.5, 0.6) is 0 Å². The number of hydrogen-bond acceptors (Lipinski definition) is 0. The Balaban J connectivity index is 0.000000362. The van der Waals surface area contributed by atoms with E-state index in [1.54, 1.807) is 3.21 Å². The molecule has 0 atom stereocenters. The molecule has 0 aliphatic heterocycles. The van der Waals surface area contributed by atoms with Gasteiger partial charge in [0.2, 0.25) is 0 Å². The molecule has 0 radical (unpaired) electrons. The van der Waals surface area contributed by atoms with Crippen LogP contribution in [-0.4, -0.2) is 3.21 Å². The molecule has 4 aromatic carbocycles. The first-order valence-corrected chi connectivity index (χ1v) is 17.3. The zero-order chi connectivity index (χ0) is 32.2. The zero-order valence-corrected chi connectivity index (χ0v) is 33.8. The maximum atomic E-state index is 3.67. The van der Waals surface area contributed by atoms with Crippen LogP contribution in [0.4, 0.5) is 0 Å². The summed E-state index contributed by atoms with van der Waals surface area (Å²) in [5, 5.41) is 0. The van der Waals surface area contributed by atoms with E-state index < -0.39 is 0 Å². The van der Waals surface area contributed by atoms with E-state index in [4.69, 9.17) is 0 Å². The van der Waals surface area contributed by atoms with Gasteiger partial charge >= 0.3 is 76.7 Å². The maximum Gasteiger partial charge on any atom is -0.0540 e. The van der Waals surface area contributed by atoms with E-state index in [1.165, 1.54) is 86.3 Å². The van der Waals surface area contributed by atoms with Crippen molar-refractivity contribution in [3.63, 3.8) is 0 Å². The normalized spacial score (nSPS) is 11.9. The Bertz CT molecular complexity index is 1460. The van der Waals surface area contributed by atoms with E-state index in [2.05, 4.69) is 162 Å². The Hall–Kier alpha value is -1.66. The SMILES string of the molecule is CC(C)(C)c1[c-]c2c(cc1)-c1ccc(C(C)(C)C)cc1C2.CC[C](=[Zr+2])c1ccccc1.CCc1[cH-]c(C)cc1C(C)(C)C.[Cl-].[Cl-]. The predicted octanol–water partition coefficient (Wildman–Crippen LogP) is 5.40. The maximum absolute atomic E-state index is 3.67. The van der Waals surface area contributed by atoms with Crippen LogP contribution >= 0.6 is 0 Å². The first-order chi connectivity index (χ1) is 20.0. The third-order valence-corrected chi connectivity index (χ3v) is 9.83. The van der Waals surface area contributed by atoms with Crippen LogP contribution in [-0.2, 0) is 53.3 Å². The molecule has 0 saturated carbocycles. The van der Waals surface area contributed by atoms with Gasteiger partial charge < -0.3 is 24.8 Å². The molecule has 0 heterocycles. The molecule has 0 bridgehead atoms. The second-order valence-corrected chi connectivity index (χ2v) is 16.6. The zero-order valence-electron chi connectivity index (χ0n) is 29.8. The fourth-order valence-corrected chi connectivity index (χ4v) is 5.99. The van der Waals surface area contributed by atoms with Gasteiger partial charge in [-0.2, -0.15) is 46.5 Å². The van der Waals surface area contributed by atoms with Crippen molar-refractivity contribution in [1.29, 1.82) is 0 Å². The predicted molar refractivity (Wildman–Crippen MR) is 187 cm³/mol. The average Bonchev–Trinajstić information content (AvgIpc) is 3.52. The molecule has 1 aliphatic rings. The fraction of sp³-hybridized carbons (Fsp3) is 0.429. The molecule has 0 spiro atoms. The number of rotatable bonds is 3. The Kier molecular flexibility index (Phi) is 15.6. The van der Waals surface area contributed by atoms with Gasteiger partial charge in [0, 0.05) is 0 Å². The number of hydrogen-bond donors (Lipinski definition) is 0. The molecule has 45 heavy (non-hydrogen) atoms. The third kappa shape index (κ3) is 11.2. The molecule has 242 valence electrons. The molecule has 1 aliphatic carbocycles. The molecule has 5 rings (SSSR count). The minimum absolute atomic E-state index is 0. The smallest absolute Gasteiger partial charge is 0.0540 e. The largest absolute Gasteiger partial charge is 1.00 e. The van der Waals surface area contributed by atoms with Gasteiger partial charge in [-0.1, -0.05) is 112 Å². The quantitative estimate of drug-likeness (QED) is 0.219. The molecule has 3 heteroatoms. The van der Waals surface area contributed by atoms with Crippen molar-refractivity contribution < 1.29 is 49.0 Å². The van der Waals surface area contributed by atoms with Gasteiger partial charge in [-0.15, -0.1) is 11.1 Å². The molecule has 0 nitrogen and oxygen atoms in total. The average molecular weight is 721 g/mol. The van der Waals surface area contributed by atoms with Gasteiger partial charge in [-0.05, 0) is 28.4 Å². The number of aryl methyl sites for hydroxylation is 2. The molecule has 0 fully saturated rings. The molecular weight excluding hydrogens is 667 g/mol. The van der Waals surface area contributed by atoms with Crippen molar-refractivity contribution in [2.75, 3.05) is 0 Å². The summed E-state index contributed by atoms with van der Waals surface area (Å²) in [4.78, 5) is 0. The first-order valence-electron chi connectivity index (χ1n) is 16.0. The molecular formula is C42H54Cl2Zr-2. The summed E-state index contributed by atoms with van der Waals surface area (Å²) in [7, 11) is 0. The van der Waals surface area contributed by atoms with Crippen LogP contribution < -0.4 is 24.8 Å². The van der Waals surface area contributed by atoms with E-state index in [-0.39, 0.29) is 35.6 Å². The molecule has 4 aromatic rings. The Morgan fingerprint density at radius 3 is 1.84 bits per heavy atom. The number of benzene rings is 3. The minimum atomic E-state index is 0. The standard InChI is InChI=1S/C21H25.C12H19.C9H10.2ClH.Zr/c1-20(2,3)16-7-9-18-14(12-16)11-15-13-17(21(4,5)6)8-10-19(15)18;1-6-10-7-9(2)8-11(10)12(3,4)5;1-2-6-9-7-4-3-5-8-9;;;/h7-10,12H,11H2,1-6H3;7-8H,6H2,1-5H3;3-5,7-8H,2H2,1H3;2*1H;/q2*-1;;;;+2/p-2. The molecule has 0 saturated heterocycles. The summed E-state index contributed by atoms with van der Waals surface area (Å²) in [6, 6.07) is 30.4. The molecule has 0 N–H and O–H groups in total. The second kappa shape index (κ2) is 17.0. The van der Waals surface area contributed by atoms with Crippen molar-refractivity contribution in [3.05, 3.63) is 123 Å². The number of halogens is 2. The first kappa shape index (κ1) is 41.4. The Labute approximate surface area is 303 Å². The van der Waals surface area contributed by atoms with Crippen LogP contribution in [0.3, 0.4) is 0 Å². The van der Waals surface area contributed by atoms with Crippen molar-refractivity contribution in [2.24, 2.45) is 0 Å². The van der Waals surface area contributed by atoms with Crippen molar-refractivity contribution in [1.82, 2.24) is 0 Å². The van der Waals surface area contributed by atoms with Crippen molar-refractivity contribution in [3.8, 4) is 11.1 Å². The summed E-state index contributed by atoms with van der Waals surface area (Å²) in [6.45, 7) is 27.0. The van der Waals surface area contributed by atoms with E-state index in [0.717, 1.165) is 12.8 Å². The van der Waals surface area contributed by atoms with Crippen LogP contribution in [0, 0.1) is 13.0 Å². The summed E-state index contributed by atoms with van der Waals surface area (Å²) in [5.41, 5.74) is 14.8. The van der Waals surface area contributed by atoms with Gasteiger partial charge in [-0.25, -0.2) is 6.07 Å². The Morgan fingerprint density at radius 2 is 1.36 bits per heavy atom. The Morgan fingerprint density at radius 1 is 0.756 bits per heavy atom. The summed E-state index contributed by atoms with van der Waals surface area (Å²) in [6.07, 6.45) is 3.36. The topological polar surface area (TPSA) is 0 Å². The van der Waals surface area contributed by atoms with E-state index in [9.17, 15) is 0 Å². The van der Waals surface area contributed by atoms with Gasteiger partial charge in [0.25, 0.3) is 0 Å². The molecule has 0 amide bonds.